The maximum absolute atomic E-state index is 12.3. The highest BCUT2D eigenvalue weighted by Gasteiger charge is 2.33. The van der Waals surface area contributed by atoms with Gasteiger partial charge in [-0.25, -0.2) is 9.97 Å². The van der Waals surface area contributed by atoms with Crippen molar-refractivity contribution in [3.8, 4) is 0 Å². The van der Waals surface area contributed by atoms with Gasteiger partial charge in [-0.05, 0) is 30.9 Å². The lowest BCUT2D eigenvalue weighted by Crippen LogP contribution is -2.30. The first-order valence-electron chi connectivity index (χ1n) is 7.63. The van der Waals surface area contributed by atoms with Crippen LogP contribution in [0.4, 0.5) is 5.95 Å². The Morgan fingerprint density at radius 2 is 1.83 bits per heavy atom. The maximum Gasteiger partial charge on any atom is 0.258 e. The third kappa shape index (κ3) is 3.13. The van der Waals surface area contributed by atoms with Crippen molar-refractivity contribution in [2.75, 3.05) is 5.32 Å². The monoisotopic (exact) mass is 309 g/mol. The third-order valence-electron chi connectivity index (χ3n) is 3.99. The van der Waals surface area contributed by atoms with Crippen molar-refractivity contribution in [1.29, 1.82) is 0 Å². The zero-order valence-corrected chi connectivity index (χ0v) is 13.5. The van der Waals surface area contributed by atoms with E-state index in [2.05, 4.69) is 15.3 Å². The average molecular weight is 309 g/mol. The van der Waals surface area contributed by atoms with E-state index in [1.54, 1.807) is 31.2 Å². The van der Waals surface area contributed by atoms with E-state index in [4.69, 9.17) is 0 Å². The van der Waals surface area contributed by atoms with Crippen LogP contribution in [0, 0.1) is 12.3 Å². The molecule has 0 unspecified atom stereocenters. The Bertz CT molecular complexity index is 782. The summed E-state index contributed by atoms with van der Waals surface area (Å²) in [6.07, 6.45) is 1.20. The number of benzene rings is 1. The molecule has 3 rings (SSSR count). The van der Waals surface area contributed by atoms with E-state index in [9.17, 15) is 9.59 Å². The summed E-state index contributed by atoms with van der Waals surface area (Å²) < 4.78 is 0. The van der Waals surface area contributed by atoms with Crippen molar-refractivity contribution >= 4 is 17.6 Å². The van der Waals surface area contributed by atoms with Crippen LogP contribution < -0.4 is 5.32 Å². The molecule has 1 aliphatic rings. The van der Waals surface area contributed by atoms with Crippen LogP contribution in [0.15, 0.2) is 30.3 Å². The predicted octanol–water partition coefficient (Wildman–Crippen LogP) is 3.19. The van der Waals surface area contributed by atoms with Gasteiger partial charge in [0.2, 0.25) is 5.95 Å². The number of rotatable bonds is 2. The first-order valence-corrected chi connectivity index (χ1v) is 7.63. The molecule has 1 N–H and O–H groups in total. The minimum absolute atomic E-state index is 0.0784. The van der Waals surface area contributed by atoms with Crippen molar-refractivity contribution in [3.05, 3.63) is 52.8 Å². The minimum atomic E-state index is -0.258. The normalized spacial score (nSPS) is 15.9. The van der Waals surface area contributed by atoms with Crippen LogP contribution in [0.5, 0.6) is 0 Å². The summed E-state index contributed by atoms with van der Waals surface area (Å²) in [5.41, 5.74) is 2.39. The highest BCUT2D eigenvalue weighted by Crippen LogP contribution is 2.35. The van der Waals surface area contributed by atoms with Crippen LogP contribution in [0.3, 0.4) is 0 Å². The zero-order valence-electron chi connectivity index (χ0n) is 13.5. The van der Waals surface area contributed by atoms with E-state index >= 15 is 0 Å². The van der Waals surface area contributed by atoms with Crippen molar-refractivity contribution in [3.63, 3.8) is 0 Å². The maximum atomic E-state index is 12.3. The number of anilines is 1. The van der Waals surface area contributed by atoms with Crippen LogP contribution in [0.25, 0.3) is 0 Å². The smallest absolute Gasteiger partial charge is 0.258 e. The number of nitrogens with one attached hydrogen (secondary N) is 1. The lowest BCUT2D eigenvalue weighted by molar-refractivity contribution is 0.0908. The highest BCUT2D eigenvalue weighted by molar-refractivity contribution is 6.04. The summed E-state index contributed by atoms with van der Waals surface area (Å²) >= 11 is 0. The van der Waals surface area contributed by atoms with Crippen molar-refractivity contribution in [2.45, 2.75) is 33.6 Å². The molecule has 0 radical (unpaired) electrons. The standard InChI is InChI=1S/C18H19N3O2/c1-11-15-13(9-18(2,3)10-14(15)22)20-17(19-11)21-16(23)12-7-5-4-6-8-12/h4-8H,9-10H2,1-3H3,(H,19,20,21,23). The van der Waals surface area contributed by atoms with E-state index in [0.29, 0.717) is 29.7 Å². The summed E-state index contributed by atoms with van der Waals surface area (Å²) in [6.45, 7) is 5.88. The fourth-order valence-corrected chi connectivity index (χ4v) is 2.98. The molecule has 2 aromatic rings. The Hall–Kier alpha value is -2.56. The fraction of sp³-hybridized carbons (Fsp3) is 0.333. The number of carbonyl (C=O) groups excluding carboxylic acids is 2. The first kappa shape index (κ1) is 15.3. The SMILES string of the molecule is Cc1nc(NC(=O)c2ccccc2)nc2c1C(=O)CC(C)(C)C2. The number of hydrogen-bond acceptors (Lipinski definition) is 4. The summed E-state index contributed by atoms with van der Waals surface area (Å²) in [7, 11) is 0. The van der Waals surface area contributed by atoms with Gasteiger partial charge in [0.15, 0.2) is 5.78 Å². The van der Waals surface area contributed by atoms with Gasteiger partial charge >= 0.3 is 0 Å². The van der Waals surface area contributed by atoms with Gasteiger partial charge in [-0.3, -0.25) is 14.9 Å². The largest absolute Gasteiger partial charge is 0.294 e. The van der Waals surface area contributed by atoms with Gasteiger partial charge < -0.3 is 0 Å². The molecule has 5 nitrogen and oxygen atoms in total. The molecule has 118 valence electrons. The molecule has 1 aromatic carbocycles. The molecule has 0 bridgehead atoms. The van der Waals surface area contributed by atoms with Gasteiger partial charge in [-0.1, -0.05) is 32.0 Å². The highest BCUT2D eigenvalue weighted by atomic mass is 16.1. The topological polar surface area (TPSA) is 72.0 Å². The second kappa shape index (κ2) is 5.57. The molecule has 0 aliphatic heterocycles. The third-order valence-corrected chi connectivity index (χ3v) is 3.99. The van der Waals surface area contributed by atoms with Gasteiger partial charge in [-0.2, -0.15) is 0 Å². The number of amides is 1. The molecular formula is C18H19N3O2. The summed E-state index contributed by atoms with van der Waals surface area (Å²) in [5.74, 6) is 0.0710. The molecule has 0 saturated heterocycles. The number of fused-ring (bicyclic) bond motifs is 1. The molecule has 0 fully saturated rings. The van der Waals surface area contributed by atoms with Crippen LogP contribution in [0.1, 0.15) is 52.4 Å². The Kier molecular flexibility index (Phi) is 3.72. The van der Waals surface area contributed by atoms with Gasteiger partial charge in [0.25, 0.3) is 5.91 Å². The second-order valence-electron chi connectivity index (χ2n) is 6.72. The number of aryl methyl sites for hydroxylation is 1. The number of ketones is 1. The number of carbonyl (C=O) groups is 2. The van der Waals surface area contributed by atoms with Crippen LogP contribution >= 0.6 is 0 Å². The molecule has 1 amide bonds. The number of aromatic nitrogens is 2. The fourth-order valence-electron chi connectivity index (χ4n) is 2.98. The molecule has 0 spiro atoms. The zero-order chi connectivity index (χ0) is 16.6. The van der Waals surface area contributed by atoms with Crippen LogP contribution in [-0.4, -0.2) is 21.7 Å². The molecule has 1 heterocycles. The van der Waals surface area contributed by atoms with Crippen molar-refractivity contribution < 1.29 is 9.59 Å². The first-order chi connectivity index (χ1) is 10.9. The summed E-state index contributed by atoms with van der Waals surface area (Å²) in [6, 6.07) is 8.91. The Balaban J connectivity index is 1.92. The lowest BCUT2D eigenvalue weighted by atomic mass is 9.75. The van der Waals surface area contributed by atoms with E-state index in [1.807, 2.05) is 19.9 Å². The van der Waals surface area contributed by atoms with Crippen LogP contribution in [0.2, 0.25) is 0 Å². The molecular weight excluding hydrogens is 290 g/mol. The molecule has 23 heavy (non-hydrogen) atoms. The van der Waals surface area contributed by atoms with Gasteiger partial charge in [0.1, 0.15) is 0 Å². The van der Waals surface area contributed by atoms with E-state index in [1.165, 1.54) is 0 Å². The quantitative estimate of drug-likeness (QED) is 0.924. The minimum Gasteiger partial charge on any atom is -0.294 e. The lowest BCUT2D eigenvalue weighted by Gasteiger charge is -2.30. The van der Waals surface area contributed by atoms with E-state index in [0.717, 1.165) is 5.69 Å². The molecule has 1 aliphatic carbocycles. The number of nitrogens with zero attached hydrogens (tertiary/aromatic N) is 2. The molecule has 0 saturated carbocycles. The predicted molar refractivity (Wildman–Crippen MR) is 87.6 cm³/mol. The van der Waals surface area contributed by atoms with Gasteiger partial charge in [0, 0.05) is 12.0 Å². The van der Waals surface area contributed by atoms with E-state index in [-0.39, 0.29) is 23.1 Å². The molecule has 1 aromatic heterocycles. The second-order valence-corrected chi connectivity index (χ2v) is 6.72. The molecule has 0 atom stereocenters. The molecule has 5 heteroatoms. The summed E-state index contributed by atoms with van der Waals surface area (Å²) in [5, 5.41) is 2.72. The Labute approximate surface area is 135 Å². The van der Waals surface area contributed by atoms with Crippen molar-refractivity contribution in [2.24, 2.45) is 5.41 Å². The summed E-state index contributed by atoms with van der Waals surface area (Å²) in [4.78, 5) is 33.2. The number of hydrogen-bond donors (Lipinski definition) is 1. The number of Topliss-reactive ketones (excluding diaryl/α,β-unsaturated/α-hetero) is 1. The Morgan fingerprint density at radius 3 is 2.52 bits per heavy atom. The van der Waals surface area contributed by atoms with Crippen LogP contribution in [-0.2, 0) is 6.42 Å². The van der Waals surface area contributed by atoms with Gasteiger partial charge in [0.05, 0.1) is 17.0 Å². The van der Waals surface area contributed by atoms with Crippen molar-refractivity contribution in [1.82, 2.24) is 9.97 Å². The average Bonchev–Trinajstić information content (AvgIpc) is 2.45. The van der Waals surface area contributed by atoms with E-state index < -0.39 is 0 Å². The Morgan fingerprint density at radius 1 is 1.13 bits per heavy atom. The van der Waals surface area contributed by atoms with Gasteiger partial charge in [-0.15, -0.1) is 0 Å².